The molecule has 4 nitrogen and oxygen atoms in total. The first-order valence-electron chi connectivity index (χ1n) is 8.30. The first kappa shape index (κ1) is 16.4. The Labute approximate surface area is 155 Å². The number of carbonyl (C=O) groups excluding carboxylic acids is 1. The highest BCUT2D eigenvalue weighted by Crippen LogP contribution is 2.28. The molecule has 25 heavy (non-hydrogen) atoms. The van der Waals surface area contributed by atoms with Crippen molar-refractivity contribution in [2.45, 2.75) is 18.8 Å². The molecule has 1 fully saturated rings. The number of hydrogen-bond acceptors (Lipinski definition) is 2. The summed E-state index contributed by atoms with van der Waals surface area (Å²) >= 11 is 12.1. The Kier molecular flexibility index (Phi) is 4.40. The number of fused-ring (bicyclic) bond motifs is 1. The van der Waals surface area contributed by atoms with E-state index in [1.807, 2.05) is 29.2 Å². The van der Waals surface area contributed by atoms with Gasteiger partial charge in [0, 0.05) is 34.6 Å². The SMILES string of the molecule is O=C(c1cc(Cl)cc(Cl)c1)N1CCC[C@@H](c2nc3ccccc3[nH]2)C1. The van der Waals surface area contributed by atoms with Crippen LogP contribution in [0.2, 0.25) is 10.0 Å². The summed E-state index contributed by atoms with van der Waals surface area (Å²) in [5, 5.41) is 0.948. The van der Waals surface area contributed by atoms with Gasteiger partial charge in [-0.15, -0.1) is 0 Å². The number of amides is 1. The van der Waals surface area contributed by atoms with Crippen molar-refractivity contribution in [2.75, 3.05) is 13.1 Å². The van der Waals surface area contributed by atoms with Crippen LogP contribution in [-0.4, -0.2) is 33.9 Å². The number of aromatic amines is 1. The number of H-pyrrole nitrogens is 1. The minimum absolute atomic E-state index is 0.0368. The molecule has 2 heterocycles. The number of benzene rings is 2. The van der Waals surface area contributed by atoms with Crippen LogP contribution in [0.5, 0.6) is 0 Å². The fraction of sp³-hybridized carbons (Fsp3) is 0.263. The van der Waals surface area contributed by atoms with Crippen molar-refractivity contribution in [3.63, 3.8) is 0 Å². The van der Waals surface area contributed by atoms with E-state index in [2.05, 4.69) is 4.98 Å². The first-order chi connectivity index (χ1) is 12.1. The Morgan fingerprint density at radius 2 is 1.92 bits per heavy atom. The number of hydrogen-bond donors (Lipinski definition) is 1. The normalized spacial score (nSPS) is 17.8. The molecule has 3 aromatic rings. The van der Waals surface area contributed by atoms with Gasteiger partial charge in [-0.2, -0.15) is 0 Å². The van der Waals surface area contributed by atoms with Crippen LogP contribution in [0.3, 0.4) is 0 Å². The first-order valence-corrected chi connectivity index (χ1v) is 9.06. The van der Waals surface area contributed by atoms with Gasteiger partial charge in [0.1, 0.15) is 5.82 Å². The number of nitrogens with one attached hydrogen (secondary N) is 1. The molecule has 128 valence electrons. The number of likely N-dealkylation sites (tertiary alicyclic amines) is 1. The Morgan fingerprint density at radius 1 is 1.16 bits per heavy atom. The van der Waals surface area contributed by atoms with Crippen molar-refractivity contribution in [2.24, 2.45) is 0 Å². The van der Waals surface area contributed by atoms with Crippen LogP contribution >= 0.6 is 23.2 Å². The number of carbonyl (C=O) groups is 1. The molecule has 1 aliphatic heterocycles. The van der Waals surface area contributed by atoms with Gasteiger partial charge in [-0.25, -0.2) is 4.98 Å². The Bertz CT molecular complexity index is 884. The van der Waals surface area contributed by atoms with E-state index in [4.69, 9.17) is 28.2 Å². The average molecular weight is 374 g/mol. The van der Waals surface area contributed by atoms with Gasteiger partial charge in [-0.3, -0.25) is 4.79 Å². The molecule has 0 unspecified atom stereocenters. The number of halogens is 2. The third kappa shape index (κ3) is 3.37. The standard InChI is InChI=1S/C19H17Cl2N3O/c20-14-8-13(9-15(21)10-14)19(25)24-7-3-4-12(11-24)18-22-16-5-1-2-6-17(16)23-18/h1-2,5-6,8-10,12H,3-4,7,11H2,(H,22,23)/t12-/m1/s1. The summed E-state index contributed by atoms with van der Waals surface area (Å²) < 4.78 is 0. The molecule has 2 aromatic carbocycles. The third-order valence-corrected chi connectivity index (χ3v) is 5.05. The number of rotatable bonds is 2. The van der Waals surface area contributed by atoms with Crippen molar-refractivity contribution in [3.05, 3.63) is 63.9 Å². The maximum Gasteiger partial charge on any atom is 0.253 e. The monoisotopic (exact) mass is 373 g/mol. The lowest BCUT2D eigenvalue weighted by atomic mass is 9.96. The number of nitrogens with zero attached hydrogens (tertiary/aromatic N) is 2. The van der Waals surface area contributed by atoms with Crippen molar-refractivity contribution >= 4 is 40.1 Å². The zero-order valence-electron chi connectivity index (χ0n) is 13.5. The zero-order chi connectivity index (χ0) is 17.4. The topological polar surface area (TPSA) is 49.0 Å². The Morgan fingerprint density at radius 3 is 2.68 bits per heavy atom. The second-order valence-electron chi connectivity index (χ2n) is 6.39. The van der Waals surface area contributed by atoms with E-state index in [1.54, 1.807) is 18.2 Å². The molecule has 1 atom stereocenters. The fourth-order valence-electron chi connectivity index (χ4n) is 3.41. The number of imidazole rings is 1. The van der Waals surface area contributed by atoms with Gasteiger partial charge in [0.15, 0.2) is 0 Å². The number of aromatic nitrogens is 2. The van der Waals surface area contributed by atoms with E-state index in [0.717, 1.165) is 36.2 Å². The van der Waals surface area contributed by atoms with Crippen LogP contribution in [-0.2, 0) is 0 Å². The number of piperidine rings is 1. The average Bonchev–Trinajstić information content (AvgIpc) is 3.04. The summed E-state index contributed by atoms with van der Waals surface area (Å²) in [4.78, 5) is 22.8. The predicted molar refractivity (Wildman–Crippen MR) is 100 cm³/mol. The van der Waals surface area contributed by atoms with Crippen LogP contribution in [0.1, 0.15) is 34.9 Å². The molecule has 1 aliphatic rings. The Hall–Kier alpha value is -2.04. The van der Waals surface area contributed by atoms with Gasteiger partial charge < -0.3 is 9.88 Å². The van der Waals surface area contributed by atoms with Gasteiger partial charge in [-0.05, 0) is 43.2 Å². The molecular weight excluding hydrogens is 357 g/mol. The van der Waals surface area contributed by atoms with Gasteiger partial charge >= 0.3 is 0 Å². The van der Waals surface area contributed by atoms with Crippen LogP contribution in [0, 0.1) is 0 Å². The highest BCUT2D eigenvalue weighted by molar-refractivity contribution is 6.35. The summed E-state index contributed by atoms with van der Waals surface area (Å²) in [6, 6.07) is 12.9. The Balaban J connectivity index is 1.57. The maximum atomic E-state index is 12.8. The molecule has 0 saturated carbocycles. The lowest BCUT2D eigenvalue weighted by Gasteiger charge is -2.32. The van der Waals surface area contributed by atoms with E-state index in [9.17, 15) is 4.79 Å². The molecule has 0 spiro atoms. The molecule has 6 heteroatoms. The molecule has 1 saturated heterocycles. The lowest BCUT2D eigenvalue weighted by Crippen LogP contribution is -2.39. The fourth-order valence-corrected chi connectivity index (χ4v) is 3.94. The summed E-state index contributed by atoms with van der Waals surface area (Å²) in [5.41, 5.74) is 2.52. The van der Waals surface area contributed by atoms with Crippen LogP contribution in [0.4, 0.5) is 0 Å². The summed E-state index contributed by atoms with van der Waals surface area (Å²) in [5.74, 6) is 1.12. The van der Waals surface area contributed by atoms with Gasteiger partial charge in [-0.1, -0.05) is 35.3 Å². The van der Waals surface area contributed by atoms with E-state index in [0.29, 0.717) is 22.2 Å². The second-order valence-corrected chi connectivity index (χ2v) is 7.26. The van der Waals surface area contributed by atoms with Gasteiger partial charge in [0.2, 0.25) is 0 Å². The van der Waals surface area contributed by atoms with Crippen molar-refractivity contribution in [1.29, 1.82) is 0 Å². The van der Waals surface area contributed by atoms with Crippen LogP contribution in [0.15, 0.2) is 42.5 Å². The van der Waals surface area contributed by atoms with Gasteiger partial charge in [0.05, 0.1) is 11.0 Å². The van der Waals surface area contributed by atoms with Crippen molar-refractivity contribution in [1.82, 2.24) is 14.9 Å². The smallest absolute Gasteiger partial charge is 0.253 e. The van der Waals surface area contributed by atoms with Crippen molar-refractivity contribution < 1.29 is 4.79 Å². The summed E-state index contributed by atoms with van der Waals surface area (Å²) in [6.07, 6.45) is 1.96. The van der Waals surface area contributed by atoms with Crippen molar-refractivity contribution in [3.8, 4) is 0 Å². The van der Waals surface area contributed by atoms with E-state index >= 15 is 0 Å². The highest BCUT2D eigenvalue weighted by Gasteiger charge is 2.27. The molecule has 4 rings (SSSR count). The molecule has 1 aromatic heterocycles. The number of para-hydroxylation sites is 2. The lowest BCUT2D eigenvalue weighted by molar-refractivity contribution is 0.0705. The quantitative estimate of drug-likeness (QED) is 0.694. The van der Waals surface area contributed by atoms with E-state index < -0.39 is 0 Å². The molecule has 1 amide bonds. The second kappa shape index (κ2) is 6.70. The highest BCUT2D eigenvalue weighted by atomic mass is 35.5. The molecular formula is C19H17Cl2N3O. The third-order valence-electron chi connectivity index (χ3n) is 4.61. The molecule has 0 aliphatic carbocycles. The predicted octanol–water partition coefficient (Wildman–Crippen LogP) is 4.89. The van der Waals surface area contributed by atoms with E-state index in [-0.39, 0.29) is 11.8 Å². The molecule has 0 bridgehead atoms. The maximum absolute atomic E-state index is 12.8. The van der Waals surface area contributed by atoms with Crippen LogP contribution in [0.25, 0.3) is 11.0 Å². The molecule has 1 N–H and O–H groups in total. The van der Waals surface area contributed by atoms with E-state index in [1.165, 1.54) is 0 Å². The minimum Gasteiger partial charge on any atom is -0.342 e. The van der Waals surface area contributed by atoms with Crippen LogP contribution < -0.4 is 0 Å². The van der Waals surface area contributed by atoms with Gasteiger partial charge in [0.25, 0.3) is 5.91 Å². The zero-order valence-corrected chi connectivity index (χ0v) is 15.0. The molecule has 0 radical (unpaired) electrons. The summed E-state index contributed by atoms with van der Waals surface area (Å²) in [6.45, 7) is 1.38. The minimum atomic E-state index is -0.0368. The largest absolute Gasteiger partial charge is 0.342 e. The summed E-state index contributed by atoms with van der Waals surface area (Å²) in [7, 11) is 0.